The number of aryl methyl sites for hydroxylation is 1. The molecule has 0 aromatic heterocycles. The molecule has 6 heteroatoms. The Labute approximate surface area is 151 Å². The van der Waals surface area contributed by atoms with E-state index in [0.29, 0.717) is 13.0 Å². The van der Waals surface area contributed by atoms with Gasteiger partial charge in [0.2, 0.25) is 15.9 Å². The SMILES string of the molecule is O=C(CN1CCCCS1(=O)=O)N1CCCC1CCCc1ccccc1. The molecule has 1 atom stereocenters. The van der Waals surface area contributed by atoms with Crippen molar-refractivity contribution in [2.75, 3.05) is 25.4 Å². The maximum Gasteiger partial charge on any atom is 0.238 e. The third-order valence-corrected chi connectivity index (χ3v) is 7.21. The zero-order valence-corrected chi connectivity index (χ0v) is 15.6. The first kappa shape index (κ1) is 18.4. The van der Waals surface area contributed by atoms with Crippen LogP contribution in [0.25, 0.3) is 0 Å². The summed E-state index contributed by atoms with van der Waals surface area (Å²) in [5, 5.41) is 0. The highest BCUT2D eigenvalue weighted by Gasteiger charge is 2.33. The Morgan fingerprint density at radius 1 is 1.08 bits per heavy atom. The molecule has 2 saturated heterocycles. The first-order chi connectivity index (χ1) is 12.1. The summed E-state index contributed by atoms with van der Waals surface area (Å²) in [6, 6.07) is 10.7. The zero-order valence-electron chi connectivity index (χ0n) is 14.8. The molecule has 3 rings (SSSR count). The van der Waals surface area contributed by atoms with Crippen LogP contribution in [-0.2, 0) is 21.2 Å². The number of hydrogen-bond acceptors (Lipinski definition) is 3. The van der Waals surface area contributed by atoms with Gasteiger partial charge in [-0.25, -0.2) is 8.42 Å². The van der Waals surface area contributed by atoms with Gasteiger partial charge in [-0.1, -0.05) is 30.3 Å². The van der Waals surface area contributed by atoms with Crippen LogP contribution in [0.3, 0.4) is 0 Å². The summed E-state index contributed by atoms with van der Waals surface area (Å²) < 4.78 is 25.6. The summed E-state index contributed by atoms with van der Waals surface area (Å²) in [6.45, 7) is 1.28. The number of hydrogen-bond donors (Lipinski definition) is 0. The van der Waals surface area contributed by atoms with Crippen molar-refractivity contribution in [1.82, 2.24) is 9.21 Å². The molecular formula is C19H28N2O3S. The average Bonchev–Trinajstić information content (AvgIpc) is 3.06. The summed E-state index contributed by atoms with van der Waals surface area (Å²) in [5.74, 6) is 0.161. The fourth-order valence-corrected chi connectivity index (χ4v) is 5.45. The fraction of sp³-hybridized carbons (Fsp3) is 0.632. The van der Waals surface area contributed by atoms with Crippen LogP contribution < -0.4 is 0 Å². The molecule has 0 aliphatic carbocycles. The minimum Gasteiger partial charge on any atom is -0.339 e. The lowest BCUT2D eigenvalue weighted by Crippen LogP contribution is -2.47. The van der Waals surface area contributed by atoms with Crippen LogP contribution in [0.4, 0.5) is 0 Å². The molecule has 5 nitrogen and oxygen atoms in total. The molecule has 1 aromatic carbocycles. The van der Waals surface area contributed by atoms with E-state index in [4.69, 9.17) is 0 Å². The Kier molecular flexibility index (Phi) is 6.12. The molecule has 0 N–H and O–H groups in total. The zero-order chi connectivity index (χ0) is 17.7. The monoisotopic (exact) mass is 364 g/mol. The number of sulfonamides is 1. The highest BCUT2D eigenvalue weighted by atomic mass is 32.2. The highest BCUT2D eigenvalue weighted by Crippen LogP contribution is 2.23. The number of benzene rings is 1. The molecule has 25 heavy (non-hydrogen) atoms. The van der Waals surface area contributed by atoms with Crippen molar-refractivity contribution in [3.8, 4) is 0 Å². The standard InChI is InChI=1S/C19H28N2O3S/c22-19(16-20-13-4-5-15-25(20,23)24)21-14-7-12-18(21)11-6-10-17-8-2-1-3-9-17/h1-3,8-9,18H,4-7,10-16H2. The predicted octanol–water partition coefficient (Wildman–Crippen LogP) is 2.43. The van der Waals surface area contributed by atoms with Gasteiger partial charge in [-0.2, -0.15) is 4.31 Å². The van der Waals surface area contributed by atoms with Gasteiger partial charge < -0.3 is 4.90 Å². The van der Waals surface area contributed by atoms with E-state index in [0.717, 1.165) is 45.1 Å². The number of carbonyl (C=O) groups is 1. The second-order valence-electron chi connectivity index (χ2n) is 7.12. The molecule has 138 valence electrons. The highest BCUT2D eigenvalue weighted by molar-refractivity contribution is 7.89. The van der Waals surface area contributed by atoms with E-state index in [1.807, 2.05) is 11.0 Å². The van der Waals surface area contributed by atoms with Crippen molar-refractivity contribution in [3.05, 3.63) is 35.9 Å². The number of carbonyl (C=O) groups excluding carboxylic acids is 1. The third-order valence-electron chi connectivity index (χ3n) is 5.31. The van der Waals surface area contributed by atoms with Gasteiger partial charge in [0.1, 0.15) is 0 Å². The van der Waals surface area contributed by atoms with Gasteiger partial charge in [0.15, 0.2) is 0 Å². The van der Waals surface area contributed by atoms with Crippen molar-refractivity contribution in [3.63, 3.8) is 0 Å². The average molecular weight is 365 g/mol. The summed E-state index contributed by atoms with van der Waals surface area (Å²) >= 11 is 0. The lowest BCUT2D eigenvalue weighted by atomic mass is 10.0. The summed E-state index contributed by atoms with van der Waals surface area (Å²) in [7, 11) is -3.23. The minimum atomic E-state index is -3.23. The van der Waals surface area contributed by atoms with Gasteiger partial charge in [0, 0.05) is 19.1 Å². The fourth-order valence-electron chi connectivity index (χ4n) is 3.91. The van der Waals surface area contributed by atoms with Crippen LogP contribution in [0.1, 0.15) is 44.1 Å². The van der Waals surface area contributed by atoms with Gasteiger partial charge in [0.25, 0.3) is 0 Å². The quantitative estimate of drug-likeness (QED) is 0.779. The van der Waals surface area contributed by atoms with Gasteiger partial charge >= 0.3 is 0 Å². The number of likely N-dealkylation sites (tertiary alicyclic amines) is 1. The summed E-state index contributed by atoms with van der Waals surface area (Å²) in [5.41, 5.74) is 1.33. The third kappa shape index (κ3) is 4.82. The molecule has 2 aliphatic heterocycles. The van der Waals surface area contributed by atoms with Gasteiger partial charge in [-0.05, 0) is 50.5 Å². The van der Waals surface area contributed by atoms with E-state index in [9.17, 15) is 13.2 Å². The van der Waals surface area contributed by atoms with E-state index in [1.165, 1.54) is 9.87 Å². The second-order valence-corrected chi connectivity index (χ2v) is 9.21. The first-order valence-electron chi connectivity index (χ1n) is 9.37. The Morgan fingerprint density at radius 2 is 1.88 bits per heavy atom. The van der Waals surface area contributed by atoms with Crippen molar-refractivity contribution < 1.29 is 13.2 Å². The molecule has 0 radical (unpaired) electrons. The molecule has 0 spiro atoms. The molecule has 0 saturated carbocycles. The van der Waals surface area contributed by atoms with E-state index < -0.39 is 10.0 Å². The molecule has 0 bridgehead atoms. The topological polar surface area (TPSA) is 57.7 Å². The van der Waals surface area contributed by atoms with E-state index >= 15 is 0 Å². The number of nitrogens with zero attached hydrogens (tertiary/aromatic N) is 2. The Morgan fingerprint density at radius 3 is 2.64 bits per heavy atom. The Bertz CT molecular complexity index is 675. The number of rotatable bonds is 6. The van der Waals surface area contributed by atoms with Gasteiger partial charge in [-0.15, -0.1) is 0 Å². The van der Waals surface area contributed by atoms with Crippen molar-refractivity contribution in [1.29, 1.82) is 0 Å². The Hall–Kier alpha value is -1.40. The van der Waals surface area contributed by atoms with E-state index in [2.05, 4.69) is 24.3 Å². The normalized spacial score (nSPS) is 23.7. The van der Waals surface area contributed by atoms with E-state index in [-0.39, 0.29) is 24.2 Å². The van der Waals surface area contributed by atoms with Crippen LogP contribution in [0.5, 0.6) is 0 Å². The maximum atomic E-state index is 12.7. The minimum absolute atomic E-state index is 0.0207. The number of amides is 1. The Balaban J connectivity index is 1.51. The molecule has 2 aliphatic rings. The molecule has 1 amide bonds. The predicted molar refractivity (Wildman–Crippen MR) is 98.7 cm³/mol. The largest absolute Gasteiger partial charge is 0.339 e. The molecule has 1 unspecified atom stereocenters. The molecule has 1 aromatic rings. The second kappa shape index (κ2) is 8.32. The lowest BCUT2D eigenvalue weighted by molar-refractivity contribution is -0.132. The molecule has 2 fully saturated rings. The van der Waals surface area contributed by atoms with Crippen LogP contribution in [0.15, 0.2) is 30.3 Å². The molecule has 2 heterocycles. The van der Waals surface area contributed by atoms with Crippen LogP contribution in [0, 0.1) is 0 Å². The smallest absolute Gasteiger partial charge is 0.238 e. The van der Waals surface area contributed by atoms with Crippen LogP contribution in [0.2, 0.25) is 0 Å². The van der Waals surface area contributed by atoms with Crippen LogP contribution >= 0.6 is 0 Å². The summed E-state index contributed by atoms with van der Waals surface area (Å²) in [4.78, 5) is 14.6. The molecular weight excluding hydrogens is 336 g/mol. The van der Waals surface area contributed by atoms with Gasteiger partial charge in [0.05, 0.1) is 12.3 Å². The van der Waals surface area contributed by atoms with Crippen molar-refractivity contribution in [2.24, 2.45) is 0 Å². The van der Waals surface area contributed by atoms with Crippen molar-refractivity contribution >= 4 is 15.9 Å². The van der Waals surface area contributed by atoms with Gasteiger partial charge in [-0.3, -0.25) is 4.79 Å². The maximum absolute atomic E-state index is 12.7. The van der Waals surface area contributed by atoms with Crippen LogP contribution in [-0.4, -0.2) is 55.0 Å². The lowest BCUT2D eigenvalue weighted by Gasteiger charge is -2.30. The van der Waals surface area contributed by atoms with E-state index in [1.54, 1.807) is 0 Å². The van der Waals surface area contributed by atoms with Crippen molar-refractivity contribution in [2.45, 2.75) is 51.0 Å². The first-order valence-corrected chi connectivity index (χ1v) is 11.0. The summed E-state index contributed by atoms with van der Waals surface area (Å²) in [6.07, 6.45) is 6.70.